The molecule has 0 aromatic carbocycles. The number of hydrogen-bond acceptors (Lipinski definition) is 5. The SMILES string of the molecule is CC[C@H](NC(=O)Cc1cn2ccsc2n1)c1nc(C)c(C)s1. The molecule has 0 bridgehead atoms. The molecular formula is C15H18N4OS2. The van der Waals surface area contributed by atoms with Gasteiger partial charge in [-0.3, -0.25) is 9.20 Å². The number of rotatable bonds is 5. The van der Waals surface area contributed by atoms with Crippen molar-refractivity contribution in [3.8, 4) is 0 Å². The molecule has 3 aromatic rings. The van der Waals surface area contributed by atoms with Crippen molar-refractivity contribution in [2.24, 2.45) is 0 Å². The Morgan fingerprint density at radius 2 is 2.23 bits per heavy atom. The summed E-state index contributed by atoms with van der Waals surface area (Å²) in [6, 6.07) is -0.0198. The Morgan fingerprint density at radius 1 is 1.41 bits per heavy atom. The molecule has 3 heterocycles. The average molecular weight is 334 g/mol. The molecule has 0 fully saturated rings. The van der Waals surface area contributed by atoms with Crippen molar-refractivity contribution in [2.75, 3.05) is 0 Å². The molecule has 3 rings (SSSR count). The summed E-state index contributed by atoms with van der Waals surface area (Å²) in [5.74, 6) is -0.0110. The molecule has 1 amide bonds. The number of hydrogen-bond donors (Lipinski definition) is 1. The largest absolute Gasteiger partial charge is 0.347 e. The van der Waals surface area contributed by atoms with Gasteiger partial charge in [0.2, 0.25) is 5.91 Å². The van der Waals surface area contributed by atoms with Gasteiger partial charge in [-0.05, 0) is 20.3 Å². The Balaban J connectivity index is 1.67. The van der Waals surface area contributed by atoms with Gasteiger partial charge in [-0.15, -0.1) is 22.7 Å². The number of fused-ring (bicyclic) bond motifs is 1. The summed E-state index contributed by atoms with van der Waals surface area (Å²) in [7, 11) is 0. The maximum absolute atomic E-state index is 12.3. The lowest BCUT2D eigenvalue weighted by atomic mass is 10.2. The van der Waals surface area contributed by atoms with Gasteiger partial charge in [0.05, 0.1) is 23.9 Å². The lowest BCUT2D eigenvalue weighted by molar-refractivity contribution is -0.121. The number of aryl methyl sites for hydroxylation is 2. The number of aromatic nitrogens is 3. The van der Waals surface area contributed by atoms with Gasteiger partial charge in [-0.1, -0.05) is 6.92 Å². The van der Waals surface area contributed by atoms with Gasteiger partial charge < -0.3 is 5.32 Å². The first-order valence-corrected chi connectivity index (χ1v) is 8.90. The van der Waals surface area contributed by atoms with Crippen LogP contribution in [0, 0.1) is 13.8 Å². The first-order chi connectivity index (χ1) is 10.6. The van der Waals surface area contributed by atoms with Crippen molar-refractivity contribution < 1.29 is 4.79 Å². The fraction of sp³-hybridized carbons (Fsp3) is 0.400. The van der Waals surface area contributed by atoms with Crippen LogP contribution in [-0.4, -0.2) is 20.3 Å². The minimum absolute atomic E-state index is 0.0110. The number of imidazole rings is 1. The lowest BCUT2D eigenvalue weighted by Gasteiger charge is -2.13. The van der Waals surface area contributed by atoms with E-state index in [1.165, 1.54) is 4.88 Å². The van der Waals surface area contributed by atoms with Crippen LogP contribution in [0.4, 0.5) is 0 Å². The zero-order chi connectivity index (χ0) is 15.7. The number of thiazole rings is 2. The average Bonchev–Trinajstić information content (AvgIpc) is 3.12. The zero-order valence-corrected chi connectivity index (χ0v) is 14.4. The molecule has 0 radical (unpaired) electrons. The van der Waals surface area contributed by atoms with Gasteiger partial charge in [0.15, 0.2) is 4.96 Å². The molecule has 116 valence electrons. The normalized spacial score (nSPS) is 12.7. The molecule has 0 aliphatic rings. The second-order valence-corrected chi connectivity index (χ2v) is 7.33. The van der Waals surface area contributed by atoms with E-state index < -0.39 is 0 Å². The highest BCUT2D eigenvalue weighted by Crippen LogP contribution is 2.25. The standard InChI is InChI=1S/C15H18N4OS2/c1-4-12(14-16-9(2)10(3)22-14)18-13(20)7-11-8-19-5-6-21-15(19)17-11/h5-6,8,12H,4,7H2,1-3H3,(H,18,20)/t12-/m0/s1. The van der Waals surface area contributed by atoms with Crippen molar-refractivity contribution in [1.29, 1.82) is 0 Å². The van der Waals surface area contributed by atoms with Gasteiger partial charge in [0, 0.05) is 22.7 Å². The monoisotopic (exact) mass is 334 g/mol. The molecule has 22 heavy (non-hydrogen) atoms. The van der Waals surface area contributed by atoms with Gasteiger partial charge >= 0.3 is 0 Å². The third-order valence-electron chi connectivity index (χ3n) is 3.57. The van der Waals surface area contributed by atoms with E-state index in [0.29, 0.717) is 6.42 Å². The maximum Gasteiger partial charge on any atom is 0.226 e. The Labute approximate surface area is 137 Å². The van der Waals surface area contributed by atoms with Crippen LogP contribution >= 0.6 is 22.7 Å². The minimum atomic E-state index is -0.0198. The van der Waals surface area contributed by atoms with Gasteiger partial charge in [0.1, 0.15) is 5.01 Å². The van der Waals surface area contributed by atoms with E-state index in [1.807, 2.05) is 29.1 Å². The summed E-state index contributed by atoms with van der Waals surface area (Å²) in [5.41, 5.74) is 1.84. The third kappa shape index (κ3) is 3.05. The van der Waals surface area contributed by atoms with Gasteiger partial charge in [0.25, 0.3) is 0 Å². The molecule has 7 heteroatoms. The van der Waals surface area contributed by atoms with Crippen LogP contribution in [0.15, 0.2) is 17.8 Å². The summed E-state index contributed by atoms with van der Waals surface area (Å²) in [4.78, 5) is 23.4. The molecule has 0 spiro atoms. The number of nitrogens with zero attached hydrogens (tertiary/aromatic N) is 3. The summed E-state index contributed by atoms with van der Waals surface area (Å²) in [5, 5.41) is 6.03. The van der Waals surface area contributed by atoms with Crippen LogP contribution < -0.4 is 5.32 Å². The molecule has 0 saturated carbocycles. The zero-order valence-electron chi connectivity index (χ0n) is 12.8. The Bertz CT molecular complexity index is 754. The number of nitrogens with one attached hydrogen (secondary N) is 1. The predicted molar refractivity (Wildman–Crippen MR) is 89.5 cm³/mol. The van der Waals surface area contributed by atoms with Crippen LogP contribution in [0.3, 0.4) is 0 Å². The smallest absolute Gasteiger partial charge is 0.226 e. The number of carbonyl (C=O) groups is 1. The van der Waals surface area contributed by atoms with Crippen molar-refractivity contribution >= 4 is 33.5 Å². The highest BCUT2D eigenvalue weighted by atomic mass is 32.1. The molecule has 0 saturated heterocycles. The van der Waals surface area contributed by atoms with E-state index >= 15 is 0 Å². The van der Waals surface area contributed by atoms with Crippen molar-refractivity contribution in [3.05, 3.63) is 39.0 Å². The molecule has 5 nitrogen and oxygen atoms in total. The molecule has 0 unspecified atom stereocenters. The highest BCUT2D eigenvalue weighted by molar-refractivity contribution is 7.15. The van der Waals surface area contributed by atoms with E-state index in [-0.39, 0.29) is 11.9 Å². The van der Waals surface area contributed by atoms with Gasteiger partial charge in [-0.25, -0.2) is 9.97 Å². The first kappa shape index (κ1) is 15.2. The van der Waals surface area contributed by atoms with Gasteiger partial charge in [-0.2, -0.15) is 0 Å². The quantitative estimate of drug-likeness (QED) is 0.779. The van der Waals surface area contributed by atoms with Crippen molar-refractivity contribution in [1.82, 2.24) is 19.7 Å². The fourth-order valence-electron chi connectivity index (χ4n) is 2.26. The van der Waals surface area contributed by atoms with Crippen LogP contribution in [0.1, 0.15) is 40.7 Å². The second-order valence-electron chi connectivity index (χ2n) is 5.22. The summed E-state index contributed by atoms with van der Waals surface area (Å²) in [6.45, 7) is 6.12. The summed E-state index contributed by atoms with van der Waals surface area (Å²) < 4.78 is 1.94. The number of amides is 1. The second kappa shape index (κ2) is 6.18. The molecule has 1 N–H and O–H groups in total. The van der Waals surface area contributed by atoms with E-state index in [9.17, 15) is 4.79 Å². The van der Waals surface area contributed by atoms with Crippen LogP contribution in [0.5, 0.6) is 0 Å². The van der Waals surface area contributed by atoms with Crippen molar-refractivity contribution in [2.45, 2.75) is 39.7 Å². The molecular weight excluding hydrogens is 316 g/mol. The molecule has 3 aromatic heterocycles. The Hall–Kier alpha value is -1.73. The Morgan fingerprint density at radius 3 is 2.86 bits per heavy atom. The highest BCUT2D eigenvalue weighted by Gasteiger charge is 2.18. The first-order valence-electron chi connectivity index (χ1n) is 7.21. The van der Waals surface area contributed by atoms with E-state index in [4.69, 9.17) is 0 Å². The van der Waals surface area contributed by atoms with Crippen LogP contribution in [0.2, 0.25) is 0 Å². The van der Waals surface area contributed by atoms with Crippen LogP contribution in [0.25, 0.3) is 4.96 Å². The topological polar surface area (TPSA) is 59.3 Å². The number of carbonyl (C=O) groups excluding carboxylic acids is 1. The van der Waals surface area contributed by atoms with Crippen LogP contribution in [-0.2, 0) is 11.2 Å². The third-order valence-corrected chi connectivity index (χ3v) is 5.53. The Kier molecular flexibility index (Phi) is 4.26. The summed E-state index contributed by atoms with van der Waals surface area (Å²) in [6.07, 6.45) is 4.99. The van der Waals surface area contributed by atoms with E-state index in [2.05, 4.69) is 29.1 Å². The van der Waals surface area contributed by atoms with Crippen molar-refractivity contribution in [3.63, 3.8) is 0 Å². The predicted octanol–water partition coefficient (Wildman–Crippen LogP) is 3.28. The van der Waals surface area contributed by atoms with E-state index in [1.54, 1.807) is 22.7 Å². The molecule has 0 aliphatic heterocycles. The molecule has 0 aliphatic carbocycles. The maximum atomic E-state index is 12.3. The lowest BCUT2D eigenvalue weighted by Crippen LogP contribution is -2.29. The fourth-order valence-corrected chi connectivity index (χ4v) is 4.03. The molecule has 1 atom stereocenters. The van der Waals surface area contributed by atoms with E-state index in [0.717, 1.165) is 27.8 Å². The summed E-state index contributed by atoms with van der Waals surface area (Å²) >= 11 is 3.22. The minimum Gasteiger partial charge on any atom is -0.347 e.